The van der Waals surface area contributed by atoms with Crippen molar-refractivity contribution < 1.29 is 14.3 Å². The van der Waals surface area contributed by atoms with Crippen LogP contribution in [0.5, 0.6) is 0 Å². The van der Waals surface area contributed by atoms with Crippen molar-refractivity contribution in [2.45, 2.75) is 19.2 Å². The van der Waals surface area contributed by atoms with Gasteiger partial charge in [0.2, 0.25) is 5.91 Å². The van der Waals surface area contributed by atoms with E-state index in [2.05, 4.69) is 5.32 Å². The molecule has 0 bridgehead atoms. The van der Waals surface area contributed by atoms with Crippen molar-refractivity contribution in [3.05, 3.63) is 29.8 Å². The summed E-state index contributed by atoms with van der Waals surface area (Å²) < 4.78 is 4.86. The molecule has 1 N–H and O–H groups in total. The second-order valence-electron chi connectivity index (χ2n) is 3.41. The van der Waals surface area contributed by atoms with E-state index in [0.717, 1.165) is 0 Å². The summed E-state index contributed by atoms with van der Waals surface area (Å²) in [4.78, 5) is 22.8. The molecule has 1 aromatic carbocycles. The van der Waals surface area contributed by atoms with Gasteiger partial charge in [0.1, 0.15) is 5.38 Å². The predicted molar refractivity (Wildman–Crippen MR) is 66.3 cm³/mol. The van der Waals surface area contributed by atoms with Crippen molar-refractivity contribution in [2.75, 3.05) is 11.9 Å². The Balaban J connectivity index is 2.79. The number of hydrogen-bond donors (Lipinski definition) is 1. The number of amides is 1. The Morgan fingerprint density at radius 3 is 2.76 bits per heavy atom. The summed E-state index contributed by atoms with van der Waals surface area (Å²) in [5.41, 5.74) is 0.917. The summed E-state index contributed by atoms with van der Waals surface area (Å²) in [6, 6.07) is 6.52. The molecule has 0 aromatic heterocycles. The van der Waals surface area contributed by atoms with E-state index in [9.17, 15) is 9.59 Å². The van der Waals surface area contributed by atoms with E-state index >= 15 is 0 Å². The van der Waals surface area contributed by atoms with Crippen molar-refractivity contribution in [3.8, 4) is 0 Å². The number of nitrogens with one attached hydrogen (secondary N) is 1. The number of hydrogen-bond acceptors (Lipinski definition) is 3. The van der Waals surface area contributed by atoms with E-state index < -0.39 is 11.3 Å². The summed E-state index contributed by atoms with van der Waals surface area (Å²) in [5.74, 6) is -0.727. The average molecular weight is 256 g/mol. The number of carbonyl (C=O) groups excluding carboxylic acids is 2. The van der Waals surface area contributed by atoms with Crippen molar-refractivity contribution >= 4 is 29.2 Å². The third-order valence-corrected chi connectivity index (χ3v) is 2.20. The molecular weight excluding hydrogens is 242 g/mol. The third-order valence-electron chi connectivity index (χ3n) is 2.00. The number of anilines is 1. The molecule has 5 heteroatoms. The topological polar surface area (TPSA) is 55.4 Å². The van der Waals surface area contributed by atoms with E-state index in [-0.39, 0.29) is 5.91 Å². The van der Waals surface area contributed by atoms with Crippen molar-refractivity contribution in [2.24, 2.45) is 0 Å². The van der Waals surface area contributed by atoms with Crippen LogP contribution in [0.15, 0.2) is 24.3 Å². The molecule has 1 aromatic rings. The van der Waals surface area contributed by atoms with E-state index in [0.29, 0.717) is 17.9 Å². The van der Waals surface area contributed by atoms with Crippen LogP contribution >= 0.6 is 11.6 Å². The number of halogens is 1. The second-order valence-corrected chi connectivity index (χ2v) is 4.06. The first kappa shape index (κ1) is 13.5. The van der Waals surface area contributed by atoms with Gasteiger partial charge in [0.25, 0.3) is 0 Å². The number of rotatable bonds is 4. The van der Waals surface area contributed by atoms with Crippen LogP contribution in [-0.4, -0.2) is 23.9 Å². The van der Waals surface area contributed by atoms with Gasteiger partial charge in [-0.25, -0.2) is 4.79 Å². The molecule has 0 saturated carbocycles. The first-order valence-electron chi connectivity index (χ1n) is 5.26. The minimum absolute atomic E-state index is 0.312. The average Bonchev–Trinajstić information content (AvgIpc) is 2.29. The fourth-order valence-corrected chi connectivity index (χ4v) is 1.23. The molecule has 0 saturated heterocycles. The Kier molecular flexibility index (Phi) is 4.97. The molecule has 1 amide bonds. The Morgan fingerprint density at radius 1 is 1.47 bits per heavy atom. The maximum absolute atomic E-state index is 11.5. The molecular formula is C12H14ClNO3. The van der Waals surface area contributed by atoms with Gasteiger partial charge in [-0.3, -0.25) is 4.79 Å². The molecule has 0 radical (unpaired) electrons. The zero-order valence-electron chi connectivity index (χ0n) is 9.70. The highest BCUT2D eigenvalue weighted by Crippen LogP contribution is 2.12. The van der Waals surface area contributed by atoms with Gasteiger partial charge >= 0.3 is 5.97 Å². The van der Waals surface area contributed by atoms with Gasteiger partial charge in [-0.15, -0.1) is 11.6 Å². The Labute approximate surface area is 105 Å². The minimum Gasteiger partial charge on any atom is -0.462 e. The van der Waals surface area contributed by atoms with Gasteiger partial charge < -0.3 is 10.1 Å². The molecule has 1 atom stereocenters. The highest BCUT2D eigenvalue weighted by molar-refractivity contribution is 6.32. The lowest BCUT2D eigenvalue weighted by Crippen LogP contribution is -2.20. The fraction of sp³-hybridized carbons (Fsp3) is 0.333. The molecule has 0 aliphatic carbocycles. The van der Waals surface area contributed by atoms with Crippen molar-refractivity contribution in [1.82, 2.24) is 0 Å². The molecule has 17 heavy (non-hydrogen) atoms. The van der Waals surface area contributed by atoms with Crippen molar-refractivity contribution in [1.29, 1.82) is 0 Å². The lowest BCUT2D eigenvalue weighted by molar-refractivity contribution is -0.115. The van der Waals surface area contributed by atoms with E-state index in [4.69, 9.17) is 16.3 Å². The SMILES string of the molecule is CCOC(=O)c1cccc(NC(=O)[C@H](C)Cl)c1. The van der Waals surface area contributed by atoms with Gasteiger partial charge in [0.15, 0.2) is 0 Å². The van der Waals surface area contributed by atoms with Crippen LogP contribution in [0.1, 0.15) is 24.2 Å². The number of ether oxygens (including phenoxy) is 1. The molecule has 4 nitrogen and oxygen atoms in total. The number of alkyl halides is 1. The van der Waals surface area contributed by atoms with Gasteiger partial charge in [0.05, 0.1) is 12.2 Å². The Hall–Kier alpha value is -1.55. The molecule has 0 aliphatic heterocycles. The van der Waals surface area contributed by atoms with Gasteiger partial charge in [-0.2, -0.15) is 0 Å². The summed E-state index contributed by atoms with van der Waals surface area (Å²) in [5, 5.41) is 1.98. The molecule has 0 unspecified atom stereocenters. The quantitative estimate of drug-likeness (QED) is 0.664. The first-order chi connectivity index (χ1) is 8.04. The van der Waals surface area contributed by atoms with Gasteiger partial charge in [-0.1, -0.05) is 6.07 Å². The van der Waals surface area contributed by atoms with Crippen LogP contribution in [-0.2, 0) is 9.53 Å². The van der Waals surface area contributed by atoms with Crippen LogP contribution in [0.3, 0.4) is 0 Å². The second kappa shape index (κ2) is 6.25. The lowest BCUT2D eigenvalue weighted by Gasteiger charge is -2.08. The highest BCUT2D eigenvalue weighted by Gasteiger charge is 2.11. The van der Waals surface area contributed by atoms with Crippen molar-refractivity contribution in [3.63, 3.8) is 0 Å². The summed E-state index contributed by atoms with van der Waals surface area (Å²) in [6.45, 7) is 3.62. The molecule has 0 spiro atoms. The number of esters is 1. The minimum atomic E-state index is -0.624. The normalized spacial score (nSPS) is 11.7. The zero-order chi connectivity index (χ0) is 12.8. The number of benzene rings is 1. The molecule has 0 heterocycles. The molecule has 1 rings (SSSR count). The van der Waals surface area contributed by atoms with Gasteiger partial charge in [0, 0.05) is 5.69 Å². The first-order valence-corrected chi connectivity index (χ1v) is 5.70. The van der Waals surface area contributed by atoms with Crippen LogP contribution < -0.4 is 5.32 Å². The maximum Gasteiger partial charge on any atom is 0.338 e. The predicted octanol–water partition coefficient (Wildman–Crippen LogP) is 2.43. The molecule has 92 valence electrons. The third kappa shape index (κ3) is 4.07. The zero-order valence-corrected chi connectivity index (χ0v) is 10.5. The molecule has 0 aliphatic rings. The van der Waals surface area contributed by atoms with Crippen LogP contribution in [0.2, 0.25) is 0 Å². The highest BCUT2D eigenvalue weighted by atomic mass is 35.5. The van der Waals surface area contributed by atoms with E-state index in [1.54, 1.807) is 38.1 Å². The largest absolute Gasteiger partial charge is 0.462 e. The smallest absolute Gasteiger partial charge is 0.338 e. The van der Waals surface area contributed by atoms with Crippen LogP contribution in [0, 0.1) is 0 Å². The number of carbonyl (C=O) groups is 2. The standard InChI is InChI=1S/C12H14ClNO3/c1-3-17-12(16)9-5-4-6-10(7-9)14-11(15)8(2)13/h4-8H,3H2,1-2H3,(H,14,15)/t8-/m0/s1. The summed E-state index contributed by atoms with van der Waals surface area (Å²) in [7, 11) is 0. The van der Waals surface area contributed by atoms with E-state index in [1.165, 1.54) is 0 Å². The monoisotopic (exact) mass is 255 g/mol. The maximum atomic E-state index is 11.5. The molecule has 0 fully saturated rings. The van der Waals surface area contributed by atoms with Gasteiger partial charge in [-0.05, 0) is 32.0 Å². The Bertz CT molecular complexity index is 418. The van der Waals surface area contributed by atoms with Crippen LogP contribution in [0.25, 0.3) is 0 Å². The summed E-state index contributed by atoms with van der Waals surface area (Å²) in [6.07, 6.45) is 0. The lowest BCUT2D eigenvalue weighted by atomic mass is 10.2. The Morgan fingerprint density at radius 2 is 2.18 bits per heavy atom. The van der Waals surface area contributed by atoms with E-state index in [1.807, 2.05) is 0 Å². The fourth-order valence-electron chi connectivity index (χ4n) is 1.18. The summed E-state index contributed by atoms with van der Waals surface area (Å²) >= 11 is 5.63. The van der Waals surface area contributed by atoms with Crippen LogP contribution in [0.4, 0.5) is 5.69 Å².